The SMILES string of the molecule is Clc1nc(Nc2ccccc2)nc(N2CC3CCC(C2)O3)n1. The molecule has 6 nitrogen and oxygen atoms in total. The highest BCUT2D eigenvalue weighted by Crippen LogP contribution is 2.29. The van der Waals surface area contributed by atoms with Crippen LogP contribution >= 0.6 is 11.6 Å². The van der Waals surface area contributed by atoms with Crippen molar-refractivity contribution in [3.05, 3.63) is 35.6 Å². The van der Waals surface area contributed by atoms with E-state index in [1.165, 1.54) is 0 Å². The number of nitrogens with one attached hydrogen (secondary N) is 1. The van der Waals surface area contributed by atoms with Gasteiger partial charge in [-0.2, -0.15) is 15.0 Å². The molecule has 1 aromatic heterocycles. The molecule has 1 N–H and O–H groups in total. The number of para-hydroxylation sites is 1. The summed E-state index contributed by atoms with van der Waals surface area (Å²) in [5.41, 5.74) is 0.915. The Hall–Kier alpha value is -1.92. The van der Waals surface area contributed by atoms with Gasteiger partial charge in [-0.15, -0.1) is 0 Å². The minimum Gasteiger partial charge on any atom is -0.371 e. The van der Waals surface area contributed by atoms with Crippen LogP contribution in [0.3, 0.4) is 0 Å². The molecule has 3 heterocycles. The van der Waals surface area contributed by atoms with E-state index in [-0.39, 0.29) is 17.5 Å². The number of benzene rings is 1. The van der Waals surface area contributed by atoms with Gasteiger partial charge in [-0.05, 0) is 36.6 Å². The van der Waals surface area contributed by atoms with Crippen molar-refractivity contribution in [2.24, 2.45) is 0 Å². The van der Waals surface area contributed by atoms with Gasteiger partial charge in [0.1, 0.15) is 0 Å². The second kappa shape index (κ2) is 5.70. The molecule has 0 radical (unpaired) electrons. The molecule has 2 bridgehead atoms. The van der Waals surface area contributed by atoms with Crippen LogP contribution in [0.2, 0.25) is 5.28 Å². The lowest BCUT2D eigenvalue weighted by molar-refractivity contribution is 0.0299. The summed E-state index contributed by atoms with van der Waals surface area (Å²) >= 11 is 6.06. The van der Waals surface area contributed by atoms with Gasteiger partial charge in [0.15, 0.2) is 0 Å². The largest absolute Gasteiger partial charge is 0.371 e. The van der Waals surface area contributed by atoms with Crippen molar-refractivity contribution >= 4 is 29.2 Å². The fourth-order valence-corrected chi connectivity index (χ4v) is 3.12. The maximum atomic E-state index is 6.06. The first-order valence-electron chi connectivity index (χ1n) is 7.40. The Morgan fingerprint density at radius 1 is 1.05 bits per heavy atom. The van der Waals surface area contributed by atoms with Gasteiger partial charge in [-0.1, -0.05) is 18.2 Å². The van der Waals surface area contributed by atoms with Gasteiger partial charge in [0.25, 0.3) is 0 Å². The second-order valence-corrected chi connectivity index (χ2v) is 5.92. The highest BCUT2D eigenvalue weighted by Gasteiger charge is 2.35. The molecule has 2 unspecified atom stereocenters. The molecule has 2 atom stereocenters. The molecule has 0 amide bonds. The van der Waals surface area contributed by atoms with Gasteiger partial charge in [0.2, 0.25) is 17.2 Å². The van der Waals surface area contributed by atoms with Crippen LogP contribution in [0.15, 0.2) is 30.3 Å². The van der Waals surface area contributed by atoms with Gasteiger partial charge < -0.3 is 15.0 Å². The molecule has 1 aromatic carbocycles. The van der Waals surface area contributed by atoms with Crippen LogP contribution in [0.1, 0.15) is 12.8 Å². The van der Waals surface area contributed by atoms with Crippen LogP contribution in [0.25, 0.3) is 0 Å². The van der Waals surface area contributed by atoms with E-state index >= 15 is 0 Å². The van der Waals surface area contributed by atoms with Gasteiger partial charge in [0.05, 0.1) is 12.2 Å². The van der Waals surface area contributed by atoms with E-state index in [4.69, 9.17) is 16.3 Å². The molecule has 2 aliphatic rings. The molecule has 0 saturated carbocycles. The monoisotopic (exact) mass is 317 g/mol. The van der Waals surface area contributed by atoms with Crippen LogP contribution in [-0.2, 0) is 4.74 Å². The number of morpholine rings is 1. The first kappa shape index (κ1) is 13.7. The first-order chi connectivity index (χ1) is 10.8. The molecular formula is C15H16ClN5O. The summed E-state index contributed by atoms with van der Waals surface area (Å²) in [6, 6.07) is 9.76. The van der Waals surface area contributed by atoms with Crippen LogP contribution < -0.4 is 10.2 Å². The van der Waals surface area contributed by atoms with E-state index in [9.17, 15) is 0 Å². The van der Waals surface area contributed by atoms with Gasteiger partial charge in [-0.25, -0.2) is 0 Å². The second-order valence-electron chi connectivity index (χ2n) is 5.58. The fourth-order valence-electron chi connectivity index (χ4n) is 2.97. The highest BCUT2D eigenvalue weighted by molar-refractivity contribution is 6.28. The summed E-state index contributed by atoms with van der Waals surface area (Å²) in [6.07, 6.45) is 2.77. The molecule has 4 rings (SSSR count). The van der Waals surface area contributed by atoms with Gasteiger partial charge in [-0.3, -0.25) is 0 Å². The lowest BCUT2D eigenvalue weighted by Gasteiger charge is -2.32. The smallest absolute Gasteiger partial charge is 0.233 e. The Bertz CT molecular complexity index is 656. The van der Waals surface area contributed by atoms with Crippen molar-refractivity contribution in [2.45, 2.75) is 25.0 Å². The molecular weight excluding hydrogens is 302 g/mol. The Morgan fingerprint density at radius 2 is 1.77 bits per heavy atom. The van der Waals surface area contributed by atoms with Crippen LogP contribution in [-0.4, -0.2) is 40.2 Å². The molecule has 2 aliphatic heterocycles. The van der Waals surface area contributed by atoms with Crippen LogP contribution in [0.4, 0.5) is 17.6 Å². The zero-order valence-corrected chi connectivity index (χ0v) is 12.7. The summed E-state index contributed by atoms with van der Waals surface area (Å²) in [4.78, 5) is 15.1. The molecule has 7 heteroatoms. The van der Waals surface area contributed by atoms with E-state index < -0.39 is 0 Å². The quantitative estimate of drug-likeness (QED) is 0.939. The Morgan fingerprint density at radius 3 is 2.50 bits per heavy atom. The molecule has 22 heavy (non-hydrogen) atoms. The molecule has 2 saturated heterocycles. The number of rotatable bonds is 3. The number of anilines is 3. The first-order valence-corrected chi connectivity index (χ1v) is 7.78. The normalized spacial score (nSPS) is 23.6. The number of halogens is 1. The van der Waals surface area contributed by atoms with E-state index in [2.05, 4.69) is 25.2 Å². The average Bonchev–Trinajstić information content (AvgIpc) is 2.86. The maximum Gasteiger partial charge on any atom is 0.233 e. The minimum absolute atomic E-state index is 0.197. The van der Waals surface area contributed by atoms with Crippen molar-refractivity contribution in [2.75, 3.05) is 23.3 Å². The molecule has 0 spiro atoms. The van der Waals surface area contributed by atoms with Crippen molar-refractivity contribution in [3.8, 4) is 0 Å². The third-order valence-electron chi connectivity index (χ3n) is 3.95. The third kappa shape index (κ3) is 2.84. The molecule has 2 aromatic rings. The predicted molar refractivity (Wildman–Crippen MR) is 84.7 cm³/mol. The summed E-state index contributed by atoms with van der Waals surface area (Å²) < 4.78 is 5.84. The number of hydrogen-bond acceptors (Lipinski definition) is 6. The highest BCUT2D eigenvalue weighted by atomic mass is 35.5. The van der Waals surface area contributed by atoms with Crippen molar-refractivity contribution in [3.63, 3.8) is 0 Å². The number of fused-ring (bicyclic) bond motifs is 2. The Kier molecular flexibility index (Phi) is 3.56. The van der Waals surface area contributed by atoms with Gasteiger partial charge in [0, 0.05) is 18.8 Å². The number of hydrogen-bond donors (Lipinski definition) is 1. The number of aromatic nitrogens is 3. The number of nitrogens with zero attached hydrogens (tertiary/aromatic N) is 4. The minimum atomic E-state index is 0.197. The van der Waals surface area contributed by atoms with Crippen molar-refractivity contribution in [1.29, 1.82) is 0 Å². The van der Waals surface area contributed by atoms with Crippen molar-refractivity contribution < 1.29 is 4.74 Å². The molecule has 0 aliphatic carbocycles. The summed E-state index contributed by atoms with van der Waals surface area (Å²) in [6.45, 7) is 1.61. The summed E-state index contributed by atoms with van der Waals surface area (Å²) in [5.74, 6) is 1.07. The molecule has 114 valence electrons. The predicted octanol–water partition coefficient (Wildman–Crippen LogP) is 2.64. The average molecular weight is 318 g/mol. The Balaban J connectivity index is 1.58. The zero-order chi connectivity index (χ0) is 14.9. The van der Waals surface area contributed by atoms with Crippen LogP contribution in [0.5, 0.6) is 0 Å². The maximum absolute atomic E-state index is 6.06. The van der Waals surface area contributed by atoms with Gasteiger partial charge >= 0.3 is 0 Å². The van der Waals surface area contributed by atoms with Crippen LogP contribution in [0, 0.1) is 0 Å². The molecule has 2 fully saturated rings. The van der Waals surface area contributed by atoms with E-state index in [1.807, 2.05) is 30.3 Å². The lowest BCUT2D eigenvalue weighted by Crippen LogP contribution is -2.43. The van der Waals surface area contributed by atoms with E-state index in [0.29, 0.717) is 11.9 Å². The number of ether oxygens (including phenoxy) is 1. The van der Waals surface area contributed by atoms with E-state index in [1.54, 1.807) is 0 Å². The Labute approximate surface area is 133 Å². The fraction of sp³-hybridized carbons (Fsp3) is 0.400. The lowest BCUT2D eigenvalue weighted by atomic mass is 10.2. The summed E-state index contributed by atoms with van der Waals surface area (Å²) in [5, 5.41) is 3.35. The summed E-state index contributed by atoms with van der Waals surface area (Å²) in [7, 11) is 0. The standard InChI is InChI=1S/C15H16ClN5O/c16-13-18-14(17-10-4-2-1-3-5-10)20-15(19-13)21-8-11-6-7-12(9-21)22-11/h1-5,11-12H,6-9H2,(H,17,18,19,20). The third-order valence-corrected chi connectivity index (χ3v) is 4.12. The zero-order valence-electron chi connectivity index (χ0n) is 11.9. The van der Waals surface area contributed by atoms with Crippen molar-refractivity contribution in [1.82, 2.24) is 15.0 Å². The van der Waals surface area contributed by atoms with E-state index in [0.717, 1.165) is 31.6 Å². The topological polar surface area (TPSA) is 63.2 Å².